The number of amides is 2. The molecule has 3 saturated heterocycles. The normalized spacial score (nSPS) is 28.8. The van der Waals surface area contributed by atoms with E-state index in [0.29, 0.717) is 0 Å². The van der Waals surface area contributed by atoms with Crippen molar-refractivity contribution in [2.24, 2.45) is 11.1 Å². The molecule has 170 valence electrons. The van der Waals surface area contributed by atoms with E-state index in [0.717, 1.165) is 16.2 Å². The molecule has 4 heterocycles. The fourth-order valence-corrected chi connectivity index (χ4v) is 5.78. The number of esters is 1. The van der Waals surface area contributed by atoms with Gasteiger partial charge < -0.3 is 30.8 Å². The predicted molar refractivity (Wildman–Crippen MR) is 106 cm³/mol. The first-order chi connectivity index (χ1) is 15.1. The van der Waals surface area contributed by atoms with Gasteiger partial charge in [0.2, 0.25) is 6.61 Å². The average Bonchev–Trinajstić information content (AvgIpc) is 3.30. The highest BCUT2D eigenvalue weighted by Gasteiger charge is 2.71. The molecule has 3 aliphatic heterocycles. The number of aliphatic carboxylic acids is 2. The average molecular weight is 485 g/mol. The van der Waals surface area contributed by atoms with Crippen molar-refractivity contribution >= 4 is 63.7 Å². The lowest BCUT2D eigenvalue weighted by Crippen LogP contribution is -2.80. The van der Waals surface area contributed by atoms with Crippen molar-refractivity contribution in [2.75, 3.05) is 18.1 Å². The number of aromatic nitrogens is 1. The number of hydrogen-bond donors (Lipinski definition) is 4. The molecule has 32 heavy (non-hydrogen) atoms. The maximum atomic E-state index is 12.8. The fraction of sp³-hybridized carbons (Fsp3) is 0.438. The van der Waals surface area contributed by atoms with E-state index in [1.54, 1.807) is 0 Å². The molecule has 0 aromatic carbocycles. The van der Waals surface area contributed by atoms with Gasteiger partial charge in [0.1, 0.15) is 17.1 Å². The minimum absolute atomic E-state index is 0.00195. The van der Waals surface area contributed by atoms with Gasteiger partial charge in [0.15, 0.2) is 10.8 Å². The topological polar surface area (TPSA) is 211 Å². The van der Waals surface area contributed by atoms with Crippen molar-refractivity contribution < 1.29 is 43.8 Å². The number of oxime groups is 1. The zero-order valence-electron chi connectivity index (χ0n) is 15.9. The Kier molecular flexibility index (Phi) is 5.41. The maximum absolute atomic E-state index is 12.8. The molecule has 16 heteroatoms. The van der Waals surface area contributed by atoms with Crippen LogP contribution in [-0.4, -0.2) is 85.0 Å². The Morgan fingerprint density at radius 3 is 2.78 bits per heavy atom. The lowest BCUT2D eigenvalue weighted by atomic mass is 9.89. The molecular weight excluding hydrogens is 470 g/mol. The first-order valence-corrected chi connectivity index (χ1v) is 10.9. The lowest BCUT2D eigenvalue weighted by Gasteiger charge is -2.56. The summed E-state index contributed by atoms with van der Waals surface area (Å²) in [5.74, 6) is -5.65. The summed E-state index contributed by atoms with van der Waals surface area (Å²) in [5, 5.41) is 25.1. The summed E-state index contributed by atoms with van der Waals surface area (Å²) in [6, 6.07) is -1.13. The third-order valence-corrected chi connectivity index (χ3v) is 7.11. The number of thioether (sulfide) groups is 1. The number of ether oxygens (including phenoxy) is 1. The molecule has 3 aliphatic rings. The van der Waals surface area contributed by atoms with Crippen LogP contribution < -0.4 is 11.1 Å². The van der Waals surface area contributed by atoms with E-state index in [1.165, 1.54) is 17.1 Å². The number of nitrogens with zero attached hydrogens (tertiary/aromatic N) is 3. The number of hydrogen-bond acceptors (Lipinski definition) is 12. The van der Waals surface area contributed by atoms with E-state index in [-0.39, 0.29) is 23.0 Å². The molecule has 5 N–H and O–H groups in total. The minimum Gasteiger partial charge on any atom is -0.479 e. The van der Waals surface area contributed by atoms with Gasteiger partial charge in [-0.25, -0.2) is 14.6 Å². The summed E-state index contributed by atoms with van der Waals surface area (Å²) in [5.41, 5.74) is 3.06. The number of nitrogens with two attached hydrogens (primary N) is 1. The van der Waals surface area contributed by atoms with E-state index in [9.17, 15) is 29.1 Å². The smallest absolute Gasteiger partial charge is 0.370 e. The van der Waals surface area contributed by atoms with Gasteiger partial charge >= 0.3 is 17.9 Å². The largest absolute Gasteiger partial charge is 0.479 e. The Bertz CT molecular complexity index is 1060. The van der Waals surface area contributed by atoms with E-state index < -0.39 is 65.1 Å². The molecule has 3 fully saturated rings. The second-order valence-electron chi connectivity index (χ2n) is 6.94. The Morgan fingerprint density at radius 2 is 2.16 bits per heavy atom. The molecule has 0 bridgehead atoms. The van der Waals surface area contributed by atoms with Crippen LogP contribution in [0, 0.1) is 5.92 Å². The Labute approximate surface area is 186 Å². The SMILES string of the molecule is Nc1nc(/C(=N/OCC(=O)O)C(=O)N[C@@H]2C(=O)N3[C@@H]2SC[C@H]2CC(=O)O[C@@]23C(=O)O)cs1. The van der Waals surface area contributed by atoms with Crippen LogP contribution in [0.5, 0.6) is 0 Å². The van der Waals surface area contributed by atoms with Crippen molar-refractivity contribution in [3.8, 4) is 0 Å². The Hall–Kier alpha value is -3.40. The highest BCUT2D eigenvalue weighted by atomic mass is 32.2. The predicted octanol–water partition coefficient (Wildman–Crippen LogP) is -1.73. The molecule has 4 rings (SSSR count). The van der Waals surface area contributed by atoms with Crippen LogP contribution in [0.15, 0.2) is 10.5 Å². The van der Waals surface area contributed by atoms with Crippen LogP contribution in [0.4, 0.5) is 5.13 Å². The standard InChI is InChI=1S/C16H15N5O9S2/c17-15-18-6(4-32-15)9(20-29-2-7(22)23)11(25)19-10-12(26)21-13(10)31-3-5-1-8(24)30-16(5,21)14(27)28/h4-5,10,13H,1-3H2,(H2,17,18)(H,19,25)(H,22,23)(H,27,28)/b20-9-/t5-,10-,13-,16-/m1/s1. The molecule has 0 spiro atoms. The number of carbonyl (C=O) groups excluding carboxylic acids is 3. The van der Waals surface area contributed by atoms with Gasteiger partial charge in [0, 0.05) is 17.1 Å². The second kappa shape index (κ2) is 7.94. The Morgan fingerprint density at radius 1 is 1.41 bits per heavy atom. The number of carboxylic acids is 2. The number of anilines is 1. The van der Waals surface area contributed by atoms with Gasteiger partial charge in [-0.15, -0.1) is 23.1 Å². The quantitative estimate of drug-likeness (QED) is 0.147. The molecule has 1 aromatic rings. The van der Waals surface area contributed by atoms with Crippen molar-refractivity contribution in [2.45, 2.75) is 23.6 Å². The molecular formula is C16H15N5O9S2. The van der Waals surface area contributed by atoms with Gasteiger partial charge in [0.05, 0.1) is 6.42 Å². The van der Waals surface area contributed by atoms with Crippen LogP contribution in [0.3, 0.4) is 0 Å². The molecule has 14 nitrogen and oxygen atoms in total. The van der Waals surface area contributed by atoms with Gasteiger partial charge in [0.25, 0.3) is 17.5 Å². The molecule has 0 radical (unpaired) electrons. The third kappa shape index (κ3) is 3.40. The number of carboxylic acid groups (broad SMARTS) is 2. The first kappa shape index (κ1) is 21.8. The number of carbonyl (C=O) groups is 5. The van der Waals surface area contributed by atoms with Gasteiger partial charge in [-0.05, 0) is 0 Å². The number of fused-ring (bicyclic) bond motifs is 3. The van der Waals surface area contributed by atoms with Crippen molar-refractivity contribution in [3.63, 3.8) is 0 Å². The van der Waals surface area contributed by atoms with E-state index >= 15 is 0 Å². The van der Waals surface area contributed by atoms with Gasteiger partial charge in [-0.3, -0.25) is 19.3 Å². The van der Waals surface area contributed by atoms with Gasteiger partial charge in [-0.2, -0.15) is 0 Å². The first-order valence-electron chi connectivity index (χ1n) is 8.99. The monoisotopic (exact) mass is 485 g/mol. The number of nitrogens with one attached hydrogen (secondary N) is 1. The van der Waals surface area contributed by atoms with E-state index in [4.69, 9.17) is 15.6 Å². The van der Waals surface area contributed by atoms with Gasteiger partial charge in [-0.1, -0.05) is 5.16 Å². The molecule has 2 amide bonds. The minimum atomic E-state index is -2.10. The van der Waals surface area contributed by atoms with Crippen LogP contribution in [0.1, 0.15) is 12.1 Å². The lowest BCUT2D eigenvalue weighted by molar-refractivity contribution is -0.215. The van der Waals surface area contributed by atoms with Crippen LogP contribution in [0.2, 0.25) is 0 Å². The summed E-state index contributed by atoms with van der Waals surface area (Å²) in [4.78, 5) is 69.5. The molecule has 0 saturated carbocycles. The molecule has 1 aromatic heterocycles. The second-order valence-corrected chi connectivity index (χ2v) is 8.98. The van der Waals surface area contributed by atoms with Crippen molar-refractivity contribution in [1.29, 1.82) is 0 Å². The summed E-state index contributed by atoms with van der Waals surface area (Å²) >= 11 is 2.21. The Balaban J connectivity index is 1.54. The summed E-state index contributed by atoms with van der Waals surface area (Å²) in [6.45, 7) is -0.821. The molecule has 4 atom stereocenters. The summed E-state index contributed by atoms with van der Waals surface area (Å²) in [6.07, 6.45) is -0.129. The van der Waals surface area contributed by atoms with E-state index in [2.05, 4.69) is 20.3 Å². The third-order valence-electron chi connectivity index (χ3n) is 5.02. The number of thiazole rings is 1. The fourth-order valence-electron chi connectivity index (χ4n) is 3.68. The van der Waals surface area contributed by atoms with Crippen LogP contribution >= 0.6 is 23.1 Å². The van der Waals surface area contributed by atoms with Crippen LogP contribution in [0.25, 0.3) is 0 Å². The number of rotatable bonds is 7. The van der Waals surface area contributed by atoms with E-state index in [1.807, 2.05) is 0 Å². The zero-order valence-corrected chi connectivity index (χ0v) is 17.6. The summed E-state index contributed by atoms with van der Waals surface area (Å²) in [7, 11) is 0. The molecule has 0 unspecified atom stereocenters. The number of β-lactam (4-membered cyclic amide) rings is 1. The molecule has 0 aliphatic carbocycles. The van der Waals surface area contributed by atoms with Crippen molar-refractivity contribution in [1.82, 2.24) is 15.2 Å². The zero-order chi connectivity index (χ0) is 23.2. The maximum Gasteiger partial charge on any atom is 0.370 e. The summed E-state index contributed by atoms with van der Waals surface area (Å²) < 4.78 is 5.09. The highest BCUT2D eigenvalue weighted by Crippen LogP contribution is 2.51. The highest BCUT2D eigenvalue weighted by molar-refractivity contribution is 8.00. The van der Waals surface area contributed by atoms with Crippen LogP contribution in [-0.2, 0) is 33.5 Å². The van der Waals surface area contributed by atoms with Crippen molar-refractivity contribution in [3.05, 3.63) is 11.1 Å². The number of nitrogen functional groups attached to an aromatic ring is 1.